The number of halogens is 1. The fraction of sp³-hybridized carbons (Fsp3) is 0.238. The molecular formula is C21H19FN2O3. The number of aromatic nitrogens is 1. The lowest BCUT2D eigenvalue weighted by Crippen LogP contribution is -2.36. The van der Waals surface area contributed by atoms with E-state index >= 15 is 0 Å². The number of fused-ring (bicyclic) bond motifs is 3. The second kappa shape index (κ2) is 6.54. The van der Waals surface area contributed by atoms with E-state index in [0.29, 0.717) is 30.6 Å². The molecule has 0 saturated heterocycles. The van der Waals surface area contributed by atoms with Gasteiger partial charge in [-0.25, -0.2) is 9.18 Å². The summed E-state index contributed by atoms with van der Waals surface area (Å²) in [5.74, 6) is -1.00. The number of carbonyl (C=O) groups excluding carboxylic acids is 2. The molecule has 27 heavy (non-hydrogen) atoms. The Kier molecular flexibility index (Phi) is 4.18. The van der Waals surface area contributed by atoms with Crippen molar-refractivity contribution in [2.24, 2.45) is 0 Å². The summed E-state index contributed by atoms with van der Waals surface area (Å²) in [5, 5.41) is 0.904. The number of esters is 1. The van der Waals surface area contributed by atoms with E-state index in [-0.39, 0.29) is 5.91 Å². The largest absolute Gasteiger partial charge is 0.465 e. The van der Waals surface area contributed by atoms with E-state index in [1.165, 1.54) is 19.2 Å². The van der Waals surface area contributed by atoms with Crippen LogP contribution < -0.4 is 0 Å². The molecule has 0 radical (unpaired) electrons. The molecule has 1 amide bonds. The van der Waals surface area contributed by atoms with Crippen LogP contribution in [-0.4, -0.2) is 35.4 Å². The average Bonchev–Trinajstić information content (AvgIpc) is 3.05. The van der Waals surface area contributed by atoms with Gasteiger partial charge >= 0.3 is 5.97 Å². The molecule has 6 heteroatoms. The first-order chi connectivity index (χ1) is 13.0. The third-order valence-corrected chi connectivity index (χ3v) is 5.11. The molecule has 0 fully saturated rings. The van der Waals surface area contributed by atoms with Crippen molar-refractivity contribution in [2.45, 2.75) is 19.9 Å². The van der Waals surface area contributed by atoms with Crippen molar-refractivity contribution >= 4 is 22.8 Å². The number of aromatic amines is 1. The zero-order valence-corrected chi connectivity index (χ0v) is 15.1. The van der Waals surface area contributed by atoms with Gasteiger partial charge in [0.25, 0.3) is 5.91 Å². The Bertz CT molecular complexity index is 1070. The van der Waals surface area contributed by atoms with Gasteiger partial charge in [-0.15, -0.1) is 0 Å². The van der Waals surface area contributed by atoms with Gasteiger partial charge in [0.15, 0.2) is 0 Å². The lowest BCUT2D eigenvalue weighted by Gasteiger charge is -2.28. The lowest BCUT2D eigenvalue weighted by molar-refractivity contribution is 0.0600. The molecule has 0 saturated carbocycles. The Morgan fingerprint density at radius 1 is 1.19 bits per heavy atom. The molecule has 0 bridgehead atoms. The molecule has 0 aliphatic carbocycles. The smallest absolute Gasteiger partial charge is 0.337 e. The summed E-state index contributed by atoms with van der Waals surface area (Å²) in [7, 11) is 1.35. The van der Waals surface area contributed by atoms with E-state index in [9.17, 15) is 14.0 Å². The van der Waals surface area contributed by atoms with Crippen molar-refractivity contribution < 1.29 is 18.7 Å². The first-order valence-corrected chi connectivity index (χ1v) is 8.75. The minimum absolute atomic E-state index is 0.184. The molecule has 1 aliphatic heterocycles. The summed E-state index contributed by atoms with van der Waals surface area (Å²) in [6.45, 7) is 2.77. The number of hydrogen-bond acceptors (Lipinski definition) is 3. The number of H-pyrrole nitrogens is 1. The second-order valence-corrected chi connectivity index (χ2v) is 6.77. The average molecular weight is 366 g/mol. The SMILES string of the molecule is COC(=O)c1ccc2[nH]c3c(c2c1)CN(C(=O)c1cc(F)ccc1C)CC3. The number of amides is 1. The first-order valence-electron chi connectivity index (χ1n) is 8.75. The van der Waals surface area contributed by atoms with Crippen LogP contribution in [0.15, 0.2) is 36.4 Å². The molecule has 0 unspecified atom stereocenters. The van der Waals surface area contributed by atoms with Gasteiger partial charge in [-0.05, 0) is 42.8 Å². The van der Waals surface area contributed by atoms with Crippen LogP contribution in [0, 0.1) is 12.7 Å². The molecule has 2 heterocycles. The molecular weight excluding hydrogens is 347 g/mol. The van der Waals surface area contributed by atoms with E-state index < -0.39 is 11.8 Å². The third-order valence-electron chi connectivity index (χ3n) is 5.11. The van der Waals surface area contributed by atoms with E-state index in [1.54, 1.807) is 30.0 Å². The number of rotatable bonds is 2. The van der Waals surface area contributed by atoms with Crippen LogP contribution in [-0.2, 0) is 17.7 Å². The number of aryl methyl sites for hydroxylation is 1. The van der Waals surface area contributed by atoms with Gasteiger partial charge in [0.1, 0.15) is 5.82 Å². The Balaban J connectivity index is 1.70. The predicted molar refractivity (Wildman–Crippen MR) is 99.2 cm³/mol. The molecule has 1 aromatic heterocycles. The maximum atomic E-state index is 13.6. The van der Waals surface area contributed by atoms with Crippen molar-refractivity contribution in [3.8, 4) is 0 Å². The highest BCUT2D eigenvalue weighted by atomic mass is 19.1. The van der Waals surface area contributed by atoms with E-state index in [2.05, 4.69) is 4.98 Å². The standard InChI is InChI=1S/C21H19FN2O3/c1-12-3-5-14(22)10-15(12)20(25)24-8-7-19-17(11-24)16-9-13(21(26)27-2)4-6-18(16)23-19/h3-6,9-10,23H,7-8,11H2,1-2H3. The summed E-state index contributed by atoms with van der Waals surface area (Å²) in [6.07, 6.45) is 0.678. The van der Waals surface area contributed by atoms with Gasteiger partial charge in [0.2, 0.25) is 0 Å². The predicted octanol–water partition coefficient (Wildman–Crippen LogP) is 3.60. The highest BCUT2D eigenvalue weighted by Gasteiger charge is 2.26. The van der Waals surface area contributed by atoms with Crippen LogP contribution in [0.2, 0.25) is 0 Å². The van der Waals surface area contributed by atoms with Crippen LogP contribution in [0.5, 0.6) is 0 Å². The summed E-state index contributed by atoms with van der Waals surface area (Å²) in [6, 6.07) is 9.62. The van der Waals surface area contributed by atoms with E-state index in [4.69, 9.17) is 4.74 Å². The maximum absolute atomic E-state index is 13.6. The number of benzene rings is 2. The summed E-state index contributed by atoms with van der Waals surface area (Å²) in [4.78, 5) is 29.9. The fourth-order valence-electron chi connectivity index (χ4n) is 3.63. The van der Waals surface area contributed by atoms with Crippen molar-refractivity contribution in [1.82, 2.24) is 9.88 Å². The molecule has 4 rings (SSSR count). The minimum atomic E-state index is -0.420. The Morgan fingerprint density at radius 3 is 2.78 bits per heavy atom. The number of nitrogens with one attached hydrogen (secondary N) is 1. The Labute approximate surface area is 155 Å². The topological polar surface area (TPSA) is 62.4 Å². The zero-order valence-electron chi connectivity index (χ0n) is 15.1. The molecule has 1 N–H and O–H groups in total. The van der Waals surface area contributed by atoms with Gasteiger partial charge in [0.05, 0.1) is 12.7 Å². The Morgan fingerprint density at radius 2 is 2.00 bits per heavy atom. The normalized spacial score (nSPS) is 13.5. The quantitative estimate of drug-likeness (QED) is 0.705. The number of ether oxygens (including phenoxy) is 1. The molecule has 138 valence electrons. The van der Waals surface area contributed by atoms with E-state index in [1.807, 2.05) is 6.07 Å². The van der Waals surface area contributed by atoms with Crippen molar-refractivity contribution in [3.05, 3.63) is 70.2 Å². The molecule has 1 aliphatic rings. The van der Waals surface area contributed by atoms with Gasteiger partial charge in [-0.1, -0.05) is 6.07 Å². The Hall–Kier alpha value is -3.15. The van der Waals surface area contributed by atoms with Crippen LogP contribution in [0.25, 0.3) is 10.9 Å². The molecule has 2 aromatic carbocycles. The number of hydrogen-bond donors (Lipinski definition) is 1. The van der Waals surface area contributed by atoms with E-state index in [0.717, 1.165) is 27.7 Å². The molecule has 3 aromatic rings. The van der Waals surface area contributed by atoms with Crippen LogP contribution in [0.1, 0.15) is 37.5 Å². The number of methoxy groups -OCH3 is 1. The minimum Gasteiger partial charge on any atom is -0.465 e. The van der Waals surface area contributed by atoms with Crippen molar-refractivity contribution in [3.63, 3.8) is 0 Å². The third kappa shape index (κ3) is 2.97. The van der Waals surface area contributed by atoms with Crippen molar-refractivity contribution in [2.75, 3.05) is 13.7 Å². The van der Waals surface area contributed by atoms with Crippen LogP contribution >= 0.6 is 0 Å². The summed E-state index contributed by atoms with van der Waals surface area (Å²) in [5.41, 5.74) is 4.57. The maximum Gasteiger partial charge on any atom is 0.337 e. The number of carbonyl (C=O) groups is 2. The summed E-state index contributed by atoms with van der Waals surface area (Å²) < 4.78 is 18.4. The first kappa shape index (κ1) is 17.3. The zero-order chi connectivity index (χ0) is 19.1. The monoisotopic (exact) mass is 366 g/mol. The molecule has 0 spiro atoms. The second-order valence-electron chi connectivity index (χ2n) is 6.77. The lowest BCUT2D eigenvalue weighted by atomic mass is 10.0. The summed E-state index contributed by atoms with van der Waals surface area (Å²) >= 11 is 0. The highest BCUT2D eigenvalue weighted by Crippen LogP contribution is 2.29. The van der Waals surface area contributed by atoms with Gasteiger partial charge in [-0.3, -0.25) is 4.79 Å². The van der Waals surface area contributed by atoms with Gasteiger partial charge in [0, 0.05) is 47.2 Å². The molecule has 0 atom stereocenters. The highest BCUT2D eigenvalue weighted by molar-refractivity contribution is 5.98. The number of nitrogens with zero attached hydrogens (tertiary/aromatic N) is 1. The van der Waals surface area contributed by atoms with Crippen LogP contribution in [0.4, 0.5) is 4.39 Å². The fourth-order valence-corrected chi connectivity index (χ4v) is 3.63. The van der Waals surface area contributed by atoms with Gasteiger partial charge < -0.3 is 14.6 Å². The molecule has 5 nitrogen and oxygen atoms in total. The van der Waals surface area contributed by atoms with Crippen molar-refractivity contribution in [1.29, 1.82) is 0 Å². The van der Waals surface area contributed by atoms with Crippen LogP contribution in [0.3, 0.4) is 0 Å². The van der Waals surface area contributed by atoms with Gasteiger partial charge in [-0.2, -0.15) is 0 Å².